The minimum Gasteiger partial charge on any atom is -0.489 e. The van der Waals surface area contributed by atoms with Crippen molar-refractivity contribution in [2.24, 2.45) is 5.10 Å². The topological polar surface area (TPSA) is 46.5 Å². The average molecular weight is 359 g/mol. The van der Waals surface area contributed by atoms with E-state index in [1.807, 2.05) is 18.4 Å². The molecule has 2 aromatic carbocycles. The molecule has 7 heteroatoms. The number of nitrogens with one attached hydrogen (secondary N) is 1. The number of benzene rings is 2. The van der Waals surface area contributed by atoms with Gasteiger partial charge in [-0.1, -0.05) is 12.1 Å². The molecule has 0 aliphatic heterocycles. The fourth-order valence-corrected chi connectivity index (χ4v) is 2.70. The lowest BCUT2D eigenvalue weighted by molar-refractivity contribution is 0.299. The molecule has 0 amide bonds. The number of nitrogens with zero attached hydrogens (tertiary/aromatic N) is 2. The number of hydrogen-bond acceptors (Lipinski definition) is 5. The summed E-state index contributed by atoms with van der Waals surface area (Å²) in [7, 11) is 0. The molecule has 1 N–H and O–H groups in total. The van der Waals surface area contributed by atoms with E-state index < -0.39 is 11.6 Å². The van der Waals surface area contributed by atoms with Gasteiger partial charge < -0.3 is 4.74 Å². The van der Waals surface area contributed by atoms with Gasteiger partial charge in [0.05, 0.1) is 11.9 Å². The quantitative estimate of drug-likeness (QED) is 0.510. The Hall–Kier alpha value is -2.80. The summed E-state index contributed by atoms with van der Waals surface area (Å²) in [4.78, 5) is 4.24. The van der Waals surface area contributed by atoms with Crippen LogP contribution in [0, 0.1) is 18.6 Å². The Morgan fingerprint density at radius 2 is 2.12 bits per heavy atom. The van der Waals surface area contributed by atoms with Crippen LogP contribution >= 0.6 is 11.3 Å². The van der Waals surface area contributed by atoms with Gasteiger partial charge in [-0.25, -0.2) is 13.8 Å². The first-order valence-electron chi connectivity index (χ1n) is 7.48. The first-order chi connectivity index (χ1) is 12.1. The Bertz CT molecular complexity index is 896. The first kappa shape index (κ1) is 17.0. The van der Waals surface area contributed by atoms with Crippen molar-refractivity contribution in [1.29, 1.82) is 0 Å². The summed E-state index contributed by atoms with van der Waals surface area (Å²) in [6.45, 7) is 1.86. The number of ether oxygens (including phenoxy) is 1. The molecule has 0 unspecified atom stereocenters. The van der Waals surface area contributed by atoms with Crippen molar-refractivity contribution in [2.75, 3.05) is 5.43 Å². The number of aryl methyl sites for hydroxylation is 1. The zero-order valence-corrected chi connectivity index (χ0v) is 14.2. The van der Waals surface area contributed by atoms with Crippen molar-refractivity contribution in [3.05, 3.63) is 76.3 Å². The van der Waals surface area contributed by atoms with E-state index in [0.717, 1.165) is 29.5 Å². The molecule has 3 rings (SSSR count). The molecule has 0 bridgehead atoms. The van der Waals surface area contributed by atoms with Crippen LogP contribution in [0.25, 0.3) is 0 Å². The van der Waals surface area contributed by atoms with Crippen LogP contribution < -0.4 is 10.2 Å². The number of aromatic nitrogens is 1. The maximum absolute atomic E-state index is 13.6. The van der Waals surface area contributed by atoms with Crippen LogP contribution in [0.4, 0.5) is 13.9 Å². The van der Waals surface area contributed by atoms with Gasteiger partial charge >= 0.3 is 0 Å². The first-order valence-corrected chi connectivity index (χ1v) is 8.36. The third-order valence-electron chi connectivity index (χ3n) is 3.25. The van der Waals surface area contributed by atoms with E-state index in [-0.39, 0.29) is 12.2 Å². The second-order valence-electron chi connectivity index (χ2n) is 5.26. The second-order valence-corrected chi connectivity index (χ2v) is 6.12. The van der Waals surface area contributed by atoms with E-state index in [9.17, 15) is 8.78 Å². The number of halogens is 2. The highest BCUT2D eigenvalue weighted by atomic mass is 32.1. The fourth-order valence-electron chi connectivity index (χ4n) is 2.07. The second kappa shape index (κ2) is 7.85. The third kappa shape index (κ3) is 4.84. The van der Waals surface area contributed by atoms with E-state index in [4.69, 9.17) is 4.74 Å². The maximum Gasteiger partial charge on any atom is 0.203 e. The van der Waals surface area contributed by atoms with Crippen molar-refractivity contribution in [2.45, 2.75) is 13.5 Å². The minimum absolute atomic E-state index is 0.0547. The monoisotopic (exact) mass is 359 g/mol. The Morgan fingerprint density at radius 3 is 2.92 bits per heavy atom. The lowest BCUT2D eigenvalue weighted by Crippen LogP contribution is -1.99. The summed E-state index contributed by atoms with van der Waals surface area (Å²) in [6, 6.07) is 10.4. The Kier molecular flexibility index (Phi) is 5.35. The molecular formula is C18H15F2N3OS. The van der Waals surface area contributed by atoms with E-state index >= 15 is 0 Å². The largest absolute Gasteiger partial charge is 0.489 e. The highest BCUT2D eigenvalue weighted by molar-refractivity contribution is 7.13. The molecule has 0 atom stereocenters. The summed E-state index contributed by atoms with van der Waals surface area (Å²) in [5, 5.41) is 6.76. The van der Waals surface area contributed by atoms with Crippen LogP contribution in [-0.2, 0) is 6.61 Å². The van der Waals surface area contributed by atoms with Gasteiger partial charge in [0.2, 0.25) is 5.13 Å². The smallest absolute Gasteiger partial charge is 0.203 e. The van der Waals surface area contributed by atoms with Crippen LogP contribution in [-0.4, -0.2) is 11.2 Å². The number of anilines is 1. The molecule has 0 saturated heterocycles. The highest BCUT2D eigenvalue weighted by Gasteiger charge is 2.05. The van der Waals surface area contributed by atoms with Gasteiger partial charge in [0.1, 0.15) is 24.0 Å². The Balaban J connectivity index is 1.62. The molecule has 128 valence electrons. The molecule has 0 fully saturated rings. The van der Waals surface area contributed by atoms with Crippen LogP contribution in [0.15, 0.2) is 52.9 Å². The van der Waals surface area contributed by atoms with E-state index in [1.165, 1.54) is 11.3 Å². The zero-order valence-electron chi connectivity index (χ0n) is 13.4. The normalized spacial score (nSPS) is 11.0. The van der Waals surface area contributed by atoms with Crippen molar-refractivity contribution in [3.63, 3.8) is 0 Å². The number of hydrogen-bond donors (Lipinski definition) is 1. The van der Waals surface area contributed by atoms with Gasteiger partial charge in [-0.15, -0.1) is 11.3 Å². The molecule has 25 heavy (non-hydrogen) atoms. The predicted octanol–water partition coefficient (Wildman–Crippen LogP) is 4.75. The van der Waals surface area contributed by atoms with Gasteiger partial charge in [0.15, 0.2) is 0 Å². The van der Waals surface area contributed by atoms with E-state index in [2.05, 4.69) is 15.5 Å². The van der Waals surface area contributed by atoms with Crippen molar-refractivity contribution < 1.29 is 13.5 Å². The molecule has 4 nitrogen and oxygen atoms in total. The molecule has 1 aromatic heterocycles. The average Bonchev–Trinajstić information content (AvgIpc) is 3.01. The summed E-state index contributed by atoms with van der Waals surface area (Å²) >= 11 is 1.47. The summed E-state index contributed by atoms with van der Waals surface area (Å²) in [5.41, 5.74) is 4.75. The van der Waals surface area contributed by atoms with Crippen molar-refractivity contribution >= 4 is 22.7 Å². The number of hydrazone groups is 1. The Labute approximate surface area is 147 Å². The van der Waals surface area contributed by atoms with Gasteiger partial charge in [-0.3, -0.25) is 5.43 Å². The summed E-state index contributed by atoms with van der Waals surface area (Å²) in [6.07, 6.45) is 1.63. The molecule has 0 aliphatic rings. The van der Waals surface area contributed by atoms with Gasteiger partial charge in [0, 0.05) is 10.9 Å². The van der Waals surface area contributed by atoms with Crippen LogP contribution in [0.1, 0.15) is 16.8 Å². The molecule has 1 heterocycles. The van der Waals surface area contributed by atoms with Gasteiger partial charge in [-0.2, -0.15) is 5.10 Å². The fraction of sp³-hybridized carbons (Fsp3) is 0.111. The van der Waals surface area contributed by atoms with E-state index in [1.54, 1.807) is 24.4 Å². The molecular weight excluding hydrogens is 344 g/mol. The SMILES string of the molecule is Cc1csc(NN=Cc2cccc(OCc3cc(F)ccc3F)c2)n1. The minimum atomic E-state index is -0.498. The maximum atomic E-state index is 13.6. The van der Waals surface area contributed by atoms with Crippen molar-refractivity contribution in [3.8, 4) is 5.75 Å². The Morgan fingerprint density at radius 1 is 1.24 bits per heavy atom. The lowest BCUT2D eigenvalue weighted by atomic mass is 10.2. The number of rotatable bonds is 6. The molecule has 3 aromatic rings. The standard InChI is InChI=1S/C18H15F2N3OS/c1-12-11-25-18(22-12)23-21-9-13-3-2-4-16(7-13)24-10-14-8-15(19)5-6-17(14)20/h2-9,11H,10H2,1H3,(H,22,23). The molecule has 0 saturated carbocycles. The van der Waals surface area contributed by atoms with E-state index in [0.29, 0.717) is 10.9 Å². The van der Waals surface area contributed by atoms with Crippen LogP contribution in [0.5, 0.6) is 5.75 Å². The molecule has 0 spiro atoms. The van der Waals surface area contributed by atoms with Crippen molar-refractivity contribution in [1.82, 2.24) is 4.98 Å². The predicted molar refractivity (Wildman–Crippen MR) is 95.2 cm³/mol. The summed E-state index contributed by atoms with van der Waals surface area (Å²) < 4.78 is 32.3. The lowest BCUT2D eigenvalue weighted by Gasteiger charge is -2.08. The third-order valence-corrected chi connectivity index (χ3v) is 4.12. The highest BCUT2D eigenvalue weighted by Crippen LogP contribution is 2.17. The number of thiazole rings is 1. The molecule has 0 aliphatic carbocycles. The van der Waals surface area contributed by atoms with Gasteiger partial charge in [-0.05, 0) is 42.8 Å². The van der Waals surface area contributed by atoms with Gasteiger partial charge in [0.25, 0.3) is 0 Å². The van der Waals surface area contributed by atoms with Crippen LogP contribution in [0.2, 0.25) is 0 Å². The molecule has 0 radical (unpaired) electrons. The summed E-state index contributed by atoms with van der Waals surface area (Å²) in [5.74, 6) is -0.454. The zero-order chi connectivity index (χ0) is 17.6. The van der Waals surface area contributed by atoms with Crippen LogP contribution in [0.3, 0.4) is 0 Å².